The number of rotatable bonds is 6. The smallest absolute Gasteiger partial charge is 0.127 e. The zero-order valence-corrected chi connectivity index (χ0v) is 19.3. The first kappa shape index (κ1) is 21.7. The van der Waals surface area contributed by atoms with Crippen molar-refractivity contribution in [3.05, 3.63) is 125 Å². The van der Waals surface area contributed by atoms with Gasteiger partial charge in [0.05, 0.1) is 0 Å². The van der Waals surface area contributed by atoms with Gasteiger partial charge in [0.2, 0.25) is 0 Å². The summed E-state index contributed by atoms with van der Waals surface area (Å²) in [7, 11) is 0. The van der Waals surface area contributed by atoms with Crippen LogP contribution in [0.2, 0.25) is 0 Å². The molecule has 0 saturated heterocycles. The summed E-state index contributed by atoms with van der Waals surface area (Å²) in [6.07, 6.45) is 9.47. The zero-order chi connectivity index (χ0) is 22.6. The Labute approximate surface area is 191 Å². The Morgan fingerprint density at radius 2 is 1.09 bits per heavy atom. The summed E-state index contributed by atoms with van der Waals surface area (Å²) < 4.78 is 12.1. The average Bonchev–Trinajstić information content (AvgIpc) is 3.03. The van der Waals surface area contributed by atoms with Crippen molar-refractivity contribution in [2.24, 2.45) is 0 Å². The van der Waals surface area contributed by atoms with Gasteiger partial charge >= 0.3 is 0 Å². The third kappa shape index (κ3) is 5.20. The van der Waals surface area contributed by atoms with Crippen molar-refractivity contribution in [2.75, 3.05) is 0 Å². The van der Waals surface area contributed by atoms with E-state index in [0.29, 0.717) is 0 Å². The second kappa shape index (κ2) is 9.32. The lowest BCUT2D eigenvalue weighted by Crippen LogP contribution is -2.19. The van der Waals surface area contributed by atoms with Gasteiger partial charge in [0.25, 0.3) is 0 Å². The van der Waals surface area contributed by atoms with Crippen LogP contribution < -0.4 is 9.47 Å². The van der Waals surface area contributed by atoms with Gasteiger partial charge in [-0.3, -0.25) is 0 Å². The summed E-state index contributed by atoms with van der Waals surface area (Å²) in [4.78, 5) is 0. The first-order valence-corrected chi connectivity index (χ1v) is 11.1. The lowest BCUT2D eigenvalue weighted by atomic mass is 9.77. The van der Waals surface area contributed by atoms with Crippen LogP contribution >= 0.6 is 0 Å². The fourth-order valence-corrected chi connectivity index (χ4v) is 3.74. The minimum absolute atomic E-state index is 0.133. The number of benzene rings is 3. The van der Waals surface area contributed by atoms with E-state index >= 15 is 0 Å². The lowest BCUT2D eigenvalue weighted by molar-refractivity contribution is 0.442. The first-order valence-electron chi connectivity index (χ1n) is 11.1. The molecular formula is C30H30O2. The van der Waals surface area contributed by atoms with Crippen molar-refractivity contribution < 1.29 is 9.47 Å². The molecule has 0 N–H and O–H groups in total. The monoisotopic (exact) mass is 422 g/mol. The van der Waals surface area contributed by atoms with E-state index in [1.165, 1.54) is 22.3 Å². The van der Waals surface area contributed by atoms with E-state index in [9.17, 15) is 0 Å². The Balaban J connectivity index is 1.45. The largest absolute Gasteiger partial charge is 0.458 e. The topological polar surface area (TPSA) is 18.5 Å². The molecule has 0 aliphatic heterocycles. The van der Waals surface area contributed by atoms with Crippen LogP contribution in [-0.4, -0.2) is 0 Å². The second-order valence-corrected chi connectivity index (χ2v) is 8.81. The quantitative estimate of drug-likeness (QED) is 0.398. The normalized spacial score (nSPS) is 13.8. The second-order valence-electron chi connectivity index (χ2n) is 8.81. The molecule has 0 aromatic heterocycles. The molecule has 1 aliphatic rings. The van der Waals surface area contributed by atoms with E-state index in [1.807, 2.05) is 36.4 Å². The molecule has 3 aromatic rings. The van der Waals surface area contributed by atoms with E-state index < -0.39 is 0 Å². The molecule has 0 saturated carbocycles. The highest BCUT2D eigenvalue weighted by Gasteiger charge is 2.24. The van der Waals surface area contributed by atoms with Crippen LogP contribution in [0.3, 0.4) is 0 Å². The number of hydrogen-bond donors (Lipinski definition) is 0. The predicted octanol–water partition coefficient (Wildman–Crippen LogP) is 8.22. The molecule has 0 bridgehead atoms. The van der Waals surface area contributed by atoms with Crippen LogP contribution in [0.15, 0.2) is 108 Å². The van der Waals surface area contributed by atoms with E-state index in [2.05, 4.69) is 88.4 Å². The summed E-state index contributed by atoms with van der Waals surface area (Å²) in [6, 6.07) is 24.6. The summed E-state index contributed by atoms with van der Waals surface area (Å²) in [5, 5.41) is 0. The van der Waals surface area contributed by atoms with Crippen molar-refractivity contribution in [3.8, 4) is 17.2 Å². The molecule has 0 heterocycles. The fourth-order valence-electron chi connectivity index (χ4n) is 3.74. The SMILES string of the molecule is Cc1ccc(OC2=CCC=C(C(C)(C)c3ccc(Oc4ccc(C)cc4)cc3)C=C2)cc1. The molecule has 2 nitrogen and oxygen atoms in total. The summed E-state index contributed by atoms with van der Waals surface area (Å²) in [6.45, 7) is 8.66. The highest BCUT2D eigenvalue weighted by Crippen LogP contribution is 2.35. The maximum absolute atomic E-state index is 6.06. The molecule has 32 heavy (non-hydrogen) atoms. The van der Waals surface area contributed by atoms with Crippen molar-refractivity contribution in [3.63, 3.8) is 0 Å². The molecular weight excluding hydrogens is 392 g/mol. The predicted molar refractivity (Wildman–Crippen MR) is 132 cm³/mol. The number of ether oxygens (including phenoxy) is 2. The number of hydrogen-bond acceptors (Lipinski definition) is 2. The molecule has 0 atom stereocenters. The van der Waals surface area contributed by atoms with Crippen molar-refractivity contribution in [2.45, 2.75) is 39.5 Å². The Morgan fingerprint density at radius 3 is 1.66 bits per heavy atom. The first-order chi connectivity index (χ1) is 15.4. The minimum Gasteiger partial charge on any atom is -0.458 e. The third-order valence-electron chi connectivity index (χ3n) is 5.90. The third-order valence-corrected chi connectivity index (χ3v) is 5.90. The van der Waals surface area contributed by atoms with Gasteiger partial charge in [-0.2, -0.15) is 0 Å². The maximum atomic E-state index is 6.06. The standard InChI is InChI=1S/C30H30O2/c1-22-8-15-27(16-9-22)31-26-7-5-6-24(12-19-26)30(3,4)25-13-20-29(21-14-25)32-28-17-10-23(2)11-18-28/h6-21H,5H2,1-4H3. The van der Waals surface area contributed by atoms with Gasteiger partial charge < -0.3 is 9.47 Å². The minimum atomic E-state index is -0.133. The molecule has 0 unspecified atom stereocenters. The molecule has 0 fully saturated rings. The van der Waals surface area contributed by atoms with Crippen molar-refractivity contribution in [1.29, 1.82) is 0 Å². The van der Waals surface area contributed by atoms with Gasteiger partial charge in [-0.1, -0.05) is 73.5 Å². The highest BCUT2D eigenvalue weighted by molar-refractivity contribution is 5.45. The molecule has 0 spiro atoms. The van der Waals surface area contributed by atoms with E-state index in [4.69, 9.17) is 9.47 Å². The molecule has 2 heteroatoms. The van der Waals surface area contributed by atoms with Gasteiger partial charge in [-0.05, 0) is 80.0 Å². The number of aryl methyl sites for hydroxylation is 2. The van der Waals surface area contributed by atoms with Crippen molar-refractivity contribution in [1.82, 2.24) is 0 Å². The van der Waals surface area contributed by atoms with Crippen molar-refractivity contribution >= 4 is 0 Å². The van der Waals surface area contributed by atoms with Gasteiger partial charge in [0.1, 0.15) is 23.0 Å². The molecule has 4 rings (SSSR count). The lowest BCUT2D eigenvalue weighted by Gasteiger charge is -2.27. The van der Waals surface area contributed by atoms with Gasteiger partial charge in [-0.25, -0.2) is 0 Å². The van der Waals surface area contributed by atoms with Gasteiger partial charge in [0.15, 0.2) is 0 Å². The average molecular weight is 423 g/mol. The molecule has 0 radical (unpaired) electrons. The Kier molecular flexibility index (Phi) is 6.32. The summed E-state index contributed by atoms with van der Waals surface area (Å²) in [5.41, 5.74) is 4.83. The Hall–Kier alpha value is -3.52. The van der Waals surface area contributed by atoms with Crippen LogP contribution in [0.25, 0.3) is 0 Å². The van der Waals surface area contributed by atoms with Crippen LogP contribution in [0.4, 0.5) is 0 Å². The molecule has 1 aliphatic carbocycles. The molecule has 162 valence electrons. The number of allylic oxidation sites excluding steroid dienone is 5. The fraction of sp³-hybridized carbons (Fsp3) is 0.200. The Bertz CT molecular complexity index is 1140. The van der Waals surface area contributed by atoms with Crippen LogP contribution in [0, 0.1) is 13.8 Å². The molecule has 0 amide bonds. The van der Waals surface area contributed by atoms with E-state index in [1.54, 1.807) is 0 Å². The summed E-state index contributed by atoms with van der Waals surface area (Å²) in [5.74, 6) is 3.43. The van der Waals surface area contributed by atoms with Gasteiger partial charge in [-0.15, -0.1) is 0 Å². The van der Waals surface area contributed by atoms with E-state index in [-0.39, 0.29) is 5.41 Å². The maximum Gasteiger partial charge on any atom is 0.127 e. The van der Waals surface area contributed by atoms with Crippen LogP contribution in [0.5, 0.6) is 17.2 Å². The van der Waals surface area contributed by atoms with Crippen LogP contribution in [-0.2, 0) is 5.41 Å². The van der Waals surface area contributed by atoms with E-state index in [0.717, 1.165) is 29.4 Å². The van der Waals surface area contributed by atoms with Gasteiger partial charge in [0, 0.05) is 5.41 Å². The Morgan fingerprint density at radius 1 is 0.594 bits per heavy atom. The highest BCUT2D eigenvalue weighted by atomic mass is 16.5. The zero-order valence-electron chi connectivity index (χ0n) is 19.3. The molecule has 3 aromatic carbocycles. The summed E-state index contributed by atoms with van der Waals surface area (Å²) >= 11 is 0. The van der Waals surface area contributed by atoms with Crippen LogP contribution in [0.1, 0.15) is 37.0 Å².